The Hall–Kier alpha value is -2.45. The van der Waals surface area contributed by atoms with Crippen molar-refractivity contribution in [2.75, 3.05) is 0 Å². The van der Waals surface area contributed by atoms with Crippen LogP contribution in [0.1, 0.15) is 138 Å². The summed E-state index contributed by atoms with van der Waals surface area (Å²) in [6, 6.07) is 46.4. The van der Waals surface area contributed by atoms with Crippen LogP contribution >= 0.6 is 0 Å². The minimum atomic E-state index is -2.68. The predicted octanol–water partition coefficient (Wildman–Crippen LogP) is 10.4. The van der Waals surface area contributed by atoms with Gasteiger partial charge < -0.3 is 24.8 Å². The van der Waals surface area contributed by atoms with Crippen molar-refractivity contribution in [3.05, 3.63) is 204 Å². The Morgan fingerprint density at radius 3 is 0.595 bits per heavy atom. The van der Waals surface area contributed by atoms with Gasteiger partial charge in [-0.3, -0.25) is 0 Å². The van der Waals surface area contributed by atoms with Gasteiger partial charge in [0.05, 0.1) is 0 Å². The molecule has 0 aliphatic heterocycles. The summed E-state index contributed by atoms with van der Waals surface area (Å²) in [4.78, 5) is 0. The van der Waals surface area contributed by atoms with Gasteiger partial charge in [-0.05, 0) is 0 Å². The van der Waals surface area contributed by atoms with Crippen molar-refractivity contribution in [2.24, 2.45) is 45.3 Å². The van der Waals surface area contributed by atoms with E-state index in [1.54, 1.807) is 65.3 Å². The van der Waals surface area contributed by atoms with Crippen molar-refractivity contribution in [2.45, 2.75) is 138 Å². The van der Waals surface area contributed by atoms with E-state index in [1.807, 2.05) is 13.3 Å². The fourth-order valence-corrected chi connectivity index (χ4v) is 79.8. The van der Waals surface area contributed by atoms with Crippen molar-refractivity contribution < 1.29 is 64.9 Å². The number of allylic oxidation sites excluding steroid dienone is 16. The van der Waals surface area contributed by atoms with Crippen molar-refractivity contribution in [1.82, 2.24) is 0 Å². The molecule has 0 N–H and O–H groups in total. The first-order valence-electron chi connectivity index (χ1n) is 27.1. The fourth-order valence-electron chi connectivity index (χ4n) is 12.8. The zero-order valence-corrected chi connectivity index (χ0v) is 59.6. The van der Waals surface area contributed by atoms with Crippen molar-refractivity contribution in [3.63, 3.8) is 0 Å². The minimum Gasteiger partial charge on any atom is -1.00 e. The number of benzene rings is 4. The van der Waals surface area contributed by atoms with Crippen molar-refractivity contribution in [3.8, 4) is 0 Å². The average molecular weight is 1390 g/mol. The van der Waals surface area contributed by atoms with Crippen LogP contribution in [0.15, 0.2) is 204 Å². The molecular formula is C68H88Cl2Hf2Si2-2. The van der Waals surface area contributed by atoms with Gasteiger partial charge in [0.1, 0.15) is 0 Å². The van der Waals surface area contributed by atoms with E-state index in [0.29, 0.717) is 23.7 Å². The van der Waals surface area contributed by atoms with Gasteiger partial charge in [-0.25, -0.2) is 0 Å². The number of rotatable bonds is 8. The van der Waals surface area contributed by atoms with E-state index in [9.17, 15) is 0 Å². The van der Waals surface area contributed by atoms with Crippen LogP contribution < -0.4 is 45.6 Å². The van der Waals surface area contributed by atoms with Gasteiger partial charge >= 0.3 is 459 Å². The molecule has 4 unspecified atom stereocenters. The van der Waals surface area contributed by atoms with E-state index in [2.05, 4.69) is 284 Å². The first-order chi connectivity index (χ1) is 33.6. The molecule has 6 heteroatoms. The molecule has 0 amide bonds. The predicted molar refractivity (Wildman–Crippen MR) is 313 cm³/mol. The third kappa shape index (κ3) is 13.2. The van der Waals surface area contributed by atoms with Gasteiger partial charge in [0, 0.05) is 0 Å². The number of hydrogen-bond acceptors (Lipinski definition) is 0. The van der Waals surface area contributed by atoms with Crippen LogP contribution in [-0.2, 0) is 40.1 Å². The number of halogens is 2. The Bertz CT molecular complexity index is 2620. The molecule has 4 aromatic carbocycles. The quantitative estimate of drug-likeness (QED) is 0.154. The second-order valence-electron chi connectivity index (χ2n) is 25.6. The molecule has 4 aromatic rings. The molecule has 0 spiro atoms. The zero-order chi connectivity index (χ0) is 52.8. The molecule has 0 radical (unpaired) electrons. The molecule has 0 saturated carbocycles. The molecule has 392 valence electrons. The third-order valence-corrected chi connectivity index (χ3v) is 72.1. The van der Waals surface area contributed by atoms with Crippen LogP contribution in [0.5, 0.6) is 0 Å². The van der Waals surface area contributed by atoms with Crippen LogP contribution in [-0.4, -0.2) is 11.0 Å². The molecule has 0 fully saturated rings. The monoisotopic (exact) mass is 1390 g/mol. The van der Waals surface area contributed by atoms with E-state index in [1.165, 1.54) is 0 Å². The summed E-state index contributed by atoms with van der Waals surface area (Å²) in [7, 11) is 0. The smallest absolute Gasteiger partial charge is 1.00 e. The van der Waals surface area contributed by atoms with Gasteiger partial charge in [0.2, 0.25) is 0 Å². The maximum absolute atomic E-state index is 2.68. The molecule has 4 aliphatic carbocycles. The molecule has 0 saturated heterocycles. The number of hydrogen-bond donors (Lipinski definition) is 0. The van der Waals surface area contributed by atoms with E-state index in [-0.39, 0.29) is 46.5 Å². The standard InChI is InChI=1S/2C12H10Si.4C11H17.2ClH.2Hf/c2*1-3-7-11(8-4-1)13-12-9-5-2-6-10-12;4*1-8-6-9(2)10(7-8)11(3,4)5;;;;/h2*1-10H;4*7-8H,1-5H3;2*1H;;/p-2. The Morgan fingerprint density at radius 1 is 0.297 bits per heavy atom. The van der Waals surface area contributed by atoms with Crippen LogP contribution in [0.3, 0.4) is 0 Å². The Kier molecular flexibility index (Phi) is 20.8. The van der Waals surface area contributed by atoms with Gasteiger partial charge in [0.15, 0.2) is 0 Å². The fraction of sp³-hybridized carbons (Fsp3) is 0.412. The average Bonchev–Trinajstić information content (AvgIpc) is 4.00. The molecule has 4 aliphatic rings. The van der Waals surface area contributed by atoms with Crippen LogP contribution in [0.4, 0.5) is 0 Å². The minimum absolute atomic E-state index is 0. The maximum Gasteiger partial charge on any atom is -1.00 e. The Balaban J connectivity index is 0.000000267. The second kappa shape index (κ2) is 24.7. The summed E-state index contributed by atoms with van der Waals surface area (Å²) in [5, 5.41) is 6.40. The molecule has 0 aromatic heterocycles. The van der Waals surface area contributed by atoms with Crippen LogP contribution in [0, 0.1) is 45.3 Å². The summed E-state index contributed by atoms with van der Waals surface area (Å²) >= 11 is -5.35. The topological polar surface area (TPSA) is 0 Å². The molecule has 4 atom stereocenters. The summed E-state index contributed by atoms with van der Waals surface area (Å²) < 4.78 is 7.49. The van der Waals surface area contributed by atoms with Gasteiger partial charge in [0.25, 0.3) is 0 Å². The first kappa shape index (κ1) is 62.4. The maximum atomic E-state index is 2.62. The van der Waals surface area contributed by atoms with E-state index < -0.39 is 51.1 Å². The zero-order valence-electron chi connectivity index (χ0n) is 48.9. The van der Waals surface area contributed by atoms with Crippen molar-refractivity contribution in [1.29, 1.82) is 0 Å². The van der Waals surface area contributed by atoms with Gasteiger partial charge in [-0.1, -0.05) is 0 Å². The van der Waals surface area contributed by atoms with Crippen LogP contribution in [0.2, 0.25) is 0 Å². The van der Waals surface area contributed by atoms with Gasteiger partial charge in [-0.2, -0.15) is 0 Å². The largest absolute Gasteiger partial charge is 1.00 e. The molecule has 0 bridgehead atoms. The SMILES string of the molecule is CC1=[C]([Hf]([C]2=C(C)C(C(C)(C)C)=CC2C)=[Si](c2ccccc2)c2ccccc2)C(C)C=C1C(C)(C)C.CC1=[C]([Hf]([C]2=C(C)C(C(C)(C)C)=CC2C)=[Si](c2ccccc2)c2ccccc2)C(C)C=C1C(C)(C)C.[Cl-].[Cl-]. The first-order valence-corrected chi connectivity index (χ1v) is 48.1. The van der Waals surface area contributed by atoms with Crippen LogP contribution in [0.25, 0.3) is 0 Å². The second-order valence-corrected chi connectivity index (χ2v) is 61.5. The van der Waals surface area contributed by atoms with E-state index in [4.69, 9.17) is 0 Å². The molecule has 0 heterocycles. The molecule has 74 heavy (non-hydrogen) atoms. The molecular weight excluding hydrogens is 1300 g/mol. The summed E-state index contributed by atoms with van der Waals surface area (Å²) in [5.41, 5.74) is 11.7. The summed E-state index contributed by atoms with van der Waals surface area (Å²) in [6.07, 6.45) is 10.5. The normalized spacial score (nSPS) is 20.1. The molecule has 8 rings (SSSR count). The van der Waals surface area contributed by atoms with Crippen molar-refractivity contribution >= 4 is 31.7 Å². The summed E-state index contributed by atoms with van der Waals surface area (Å²) in [5.74, 6) is 2.17. The van der Waals surface area contributed by atoms with E-state index in [0.717, 1.165) is 0 Å². The molecule has 0 nitrogen and oxygen atoms in total. The van der Waals surface area contributed by atoms with E-state index >= 15 is 0 Å². The third-order valence-electron chi connectivity index (χ3n) is 15.8. The Morgan fingerprint density at radius 2 is 0.459 bits per heavy atom. The van der Waals surface area contributed by atoms with Gasteiger partial charge in [-0.15, -0.1) is 0 Å². The summed E-state index contributed by atoms with van der Waals surface area (Å²) in [6.45, 7) is 48.5. The Labute approximate surface area is 479 Å².